The number of aliphatic hydroxyl groups excluding tert-OH is 1. The van der Waals surface area contributed by atoms with E-state index in [2.05, 4.69) is 10.3 Å². The van der Waals surface area contributed by atoms with Gasteiger partial charge < -0.3 is 10.4 Å². The minimum absolute atomic E-state index is 0.0153. The van der Waals surface area contributed by atoms with Crippen LogP contribution in [-0.4, -0.2) is 30.3 Å². The van der Waals surface area contributed by atoms with Crippen LogP contribution in [0.15, 0.2) is 17.1 Å². The number of carbonyl (C=O) groups is 1. The summed E-state index contributed by atoms with van der Waals surface area (Å²) in [4.78, 5) is 14.4. The molecule has 1 aromatic carbocycles. The number of hydrogen-bond acceptors (Lipinski definition) is 4. The lowest BCUT2D eigenvalue weighted by atomic mass is 10.1. The van der Waals surface area contributed by atoms with E-state index in [4.69, 9.17) is 5.11 Å². The van der Waals surface area contributed by atoms with Gasteiger partial charge in [0, 0.05) is 12.6 Å². The number of benzene rings is 1. The van der Waals surface area contributed by atoms with Crippen LogP contribution in [0.3, 0.4) is 0 Å². The summed E-state index contributed by atoms with van der Waals surface area (Å²) in [5.74, 6) is -0.669. The molecule has 1 rings (SSSR count). The quantitative estimate of drug-likeness (QED) is 0.625. The van der Waals surface area contributed by atoms with E-state index in [9.17, 15) is 13.6 Å². The molecule has 1 unspecified atom stereocenters. The molecule has 0 heterocycles. The fourth-order valence-electron chi connectivity index (χ4n) is 1.41. The van der Waals surface area contributed by atoms with E-state index < -0.39 is 18.6 Å². The zero-order chi connectivity index (χ0) is 13.7. The van der Waals surface area contributed by atoms with E-state index in [1.165, 1.54) is 26.1 Å². The van der Waals surface area contributed by atoms with E-state index in [0.717, 1.165) is 0 Å². The largest absolute Gasteiger partial charge is 0.392 e. The van der Waals surface area contributed by atoms with Crippen LogP contribution in [0, 0.1) is 5.82 Å². The Balaban J connectivity index is 3.33. The first-order valence-corrected chi connectivity index (χ1v) is 5.33. The Morgan fingerprint density at radius 1 is 1.61 bits per heavy atom. The van der Waals surface area contributed by atoms with Gasteiger partial charge >= 0.3 is 0 Å². The lowest BCUT2D eigenvalue weighted by Gasteiger charge is -2.10. The van der Waals surface area contributed by atoms with E-state index in [1.54, 1.807) is 0 Å². The molecule has 0 amide bonds. The van der Waals surface area contributed by atoms with E-state index in [-0.39, 0.29) is 22.6 Å². The molecule has 0 radical (unpaired) electrons. The summed E-state index contributed by atoms with van der Waals surface area (Å²) < 4.78 is 26.8. The first kappa shape index (κ1) is 14.2. The van der Waals surface area contributed by atoms with Crippen molar-refractivity contribution in [3.63, 3.8) is 0 Å². The smallest absolute Gasteiger partial charge is 0.167 e. The zero-order valence-corrected chi connectivity index (χ0v) is 10.1. The number of nitrogens with one attached hydrogen (secondary N) is 1. The number of anilines is 1. The van der Waals surface area contributed by atoms with Gasteiger partial charge in [-0.2, -0.15) is 0 Å². The number of carbonyl (C=O) groups excluding carboxylic acids is 1. The van der Waals surface area contributed by atoms with E-state index >= 15 is 0 Å². The van der Waals surface area contributed by atoms with Crippen LogP contribution in [-0.2, 0) is 11.4 Å². The lowest BCUT2D eigenvalue weighted by molar-refractivity contribution is -0.102. The molecular formula is C12H14F2N2O2. The van der Waals surface area contributed by atoms with Gasteiger partial charge in [0.15, 0.2) is 12.1 Å². The summed E-state index contributed by atoms with van der Waals surface area (Å²) in [5, 5.41) is 11.5. The molecule has 0 saturated heterocycles. The van der Waals surface area contributed by atoms with Crippen molar-refractivity contribution in [2.75, 3.05) is 12.4 Å². The summed E-state index contributed by atoms with van der Waals surface area (Å²) in [6.45, 7) is 0.718. The van der Waals surface area contributed by atoms with Crippen LogP contribution in [0.25, 0.3) is 0 Å². The predicted molar refractivity (Wildman–Crippen MR) is 65.6 cm³/mol. The van der Waals surface area contributed by atoms with E-state index in [1.807, 2.05) is 0 Å². The molecule has 0 fully saturated rings. The number of alkyl halides is 1. The molecule has 2 N–H and O–H groups in total. The van der Waals surface area contributed by atoms with Gasteiger partial charge in [0.25, 0.3) is 0 Å². The highest BCUT2D eigenvalue weighted by Gasteiger charge is 2.14. The second-order valence-corrected chi connectivity index (χ2v) is 3.61. The summed E-state index contributed by atoms with van der Waals surface area (Å²) in [6, 6.07) is 2.74. The monoisotopic (exact) mass is 256 g/mol. The van der Waals surface area contributed by atoms with Gasteiger partial charge in [0.05, 0.1) is 18.0 Å². The van der Waals surface area contributed by atoms with Gasteiger partial charge in [0.1, 0.15) is 11.9 Å². The molecule has 0 aliphatic rings. The molecular weight excluding hydrogens is 242 g/mol. The maximum Gasteiger partial charge on any atom is 0.167 e. The molecule has 0 aliphatic heterocycles. The molecule has 0 spiro atoms. The van der Waals surface area contributed by atoms with Crippen LogP contribution in [0.1, 0.15) is 12.5 Å². The maximum absolute atomic E-state index is 13.8. The first-order chi connectivity index (χ1) is 8.54. The Hall–Kier alpha value is -1.82. The Labute approximate surface area is 103 Å². The molecule has 98 valence electrons. The summed E-state index contributed by atoms with van der Waals surface area (Å²) in [5.41, 5.74) is -0.0951. The number of nitrogens with zero attached hydrogens (tertiary/aromatic N) is 1. The third-order valence-electron chi connectivity index (χ3n) is 2.40. The van der Waals surface area contributed by atoms with Gasteiger partial charge in [-0.25, -0.2) is 13.8 Å². The van der Waals surface area contributed by atoms with Crippen molar-refractivity contribution in [2.45, 2.75) is 19.7 Å². The average molecular weight is 256 g/mol. The van der Waals surface area contributed by atoms with Crippen molar-refractivity contribution in [2.24, 2.45) is 4.99 Å². The number of aliphatic hydroxyl groups is 1. The predicted octanol–water partition coefficient (Wildman–Crippen LogP) is 1.99. The van der Waals surface area contributed by atoms with E-state index in [0.29, 0.717) is 6.29 Å². The second kappa shape index (κ2) is 6.20. The van der Waals surface area contributed by atoms with Crippen molar-refractivity contribution < 1.29 is 18.7 Å². The molecule has 4 nitrogen and oxygen atoms in total. The zero-order valence-electron chi connectivity index (χ0n) is 10.1. The Morgan fingerprint density at radius 3 is 2.72 bits per heavy atom. The molecule has 6 heteroatoms. The highest BCUT2D eigenvalue weighted by molar-refractivity contribution is 6.31. The van der Waals surface area contributed by atoms with Crippen LogP contribution >= 0.6 is 0 Å². The molecule has 0 bridgehead atoms. The average Bonchev–Trinajstić information content (AvgIpc) is 2.35. The Bertz CT molecular complexity index is 473. The molecule has 0 aliphatic carbocycles. The van der Waals surface area contributed by atoms with Crippen molar-refractivity contribution in [1.29, 1.82) is 0 Å². The topological polar surface area (TPSA) is 61.7 Å². The molecule has 1 aromatic rings. The maximum atomic E-state index is 13.8. The number of rotatable bonds is 5. The third kappa shape index (κ3) is 2.89. The van der Waals surface area contributed by atoms with Gasteiger partial charge in [-0.1, -0.05) is 6.07 Å². The molecule has 1 atom stereocenters. The minimum atomic E-state index is -1.53. The molecule has 0 saturated carbocycles. The van der Waals surface area contributed by atoms with Gasteiger partial charge in [-0.05, 0) is 13.0 Å². The number of aldehydes is 1. The van der Waals surface area contributed by atoms with Crippen molar-refractivity contribution in [3.05, 3.63) is 23.5 Å². The summed E-state index contributed by atoms with van der Waals surface area (Å²) in [7, 11) is 1.47. The van der Waals surface area contributed by atoms with Crippen LogP contribution in [0.2, 0.25) is 0 Å². The standard InChI is InChI=1S/C12H14F2N2O2/c1-7(13)10(6-18)16-9-4-3-8(5-17)11(14)12(9)15-2/h3-4,6-7,15,17H,5H2,1-2H3. The number of halogens is 2. The fourth-order valence-corrected chi connectivity index (χ4v) is 1.41. The Morgan fingerprint density at radius 2 is 2.28 bits per heavy atom. The highest BCUT2D eigenvalue weighted by atomic mass is 19.1. The van der Waals surface area contributed by atoms with Gasteiger partial charge in [-0.3, -0.25) is 4.79 Å². The van der Waals surface area contributed by atoms with Crippen LogP contribution in [0.5, 0.6) is 0 Å². The Kier molecular flexibility index (Phi) is 4.91. The van der Waals surface area contributed by atoms with Crippen molar-refractivity contribution >= 4 is 23.4 Å². The third-order valence-corrected chi connectivity index (χ3v) is 2.40. The molecule has 18 heavy (non-hydrogen) atoms. The second-order valence-electron chi connectivity index (χ2n) is 3.61. The van der Waals surface area contributed by atoms with Crippen molar-refractivity contribution in [3.8, 4) is 0 Å². The van der Waals surface area contributed by atoms with Crippen LogP contribution in [0.4, 0.5) is 20.2 Å². The van der Waals surface area contributed by atoms with Gasteiger partial charge in [0.2, 0.25) is 0 Å². The molecule has 0 aromatic heterocycles. The fraction of sp³-hybridized carbons (Fsp3) is 0.333. The SMILES string of the molecule is CNc1c(N=C(C=O)C(C)F)ccc(CO)c1F. The number of hydrogen-bond donors (Lipinski definition) is 2. The summed E-state index contributed by atoms with van der Waals surface area (Å²) in [6.07, 6.45) is -1.24. The van der Waals surface area contributed by atoms with Crippen LogP contribution < -0.4 is 5.32 Å². The summed E-state index contributed by atoms with van der Waals surface area (Å²) >= 11 is 0. The normalized spacial score (nSPS) is 13.3. The van der Waals surface area contributed by atoms with Crippen molar-refractivity contribution in [1.82, 2.24) is 0 Å². The van der Waals surface area contributed by atoms with Gasteiger partial charge in [-0.15, -0.1) is 0 Å². The number of aliphatic imine (C=N–C) groups is 1. The first-order valence-electron chi connectivity index (χ1n) is 5.33. The lowest BCUT2D eigenvalue weighted by Crippen LogP contribution is -2.12. The minimum Gasteiger partial charge on any atom is -0.392 e. The highest BCUT2D eigenvalue weighted by Crippen LogP contribution is 2.30.